The molecule has 0 atom stereocenters. The third-order valence-electron chi connectivity index (χ3n) is 1.37. The molecule has 0 fully saturated rings. The van der Waals surface area contributed by atoms with Gasteiger partial charge in [0.2, 0.25) is 5.91 Å². The average molecular weight is 201 g/mol. The molecule has 0 saturated carbocycles. The summed E-state index contributed by atoms with van der Waals surface area (Å²) in [4.78, 5) is 31.2. The highest BCUT2D eigenvalue weighted by atomic mass is 16.4. The standard InChI is InChI=1S/C8H11NO5/c1-5(8(13)14)4-9-6(10)2-3-7(11)12/h1-4H2,(H,9,10)(H,11,12)(H,13,14). The van der Waals surface area contributed by atoms with Crippen LogP contribution in [-0.2, 0) is 14.4 Å². The van der Waals surface area contributed by atoms with Gasteiger partial charge in [-0.1, -0.05) is 6.58 Å². The Labute approximate surface area is 80.2 Å². The monoisotopic (exact) mass is 201 g/mol. The van der Waals surface area contributed by atoms with E-state index in [2.05, 4.69) is 11.9 Å². The molecule has 6 nitrogen and oxygen atoms in total. The van der Waals surface area contributed by atoms with E-state index >= 15 is 0 Å². The Balaban J connectivity index is 3.69. The molecule has 0 aromatic carbocycles. The first-order valence-corrected chi connectivity index (χ1v) is 3.83. The second kappa shape index (κ2) is 5.74. The van der Waals surface area contributed by atoms with E-state index in [4.69, 9.17) is 10.2 Å². The van der Waals surface area contributed by atoms with E-state index in [1.54, 1.807) is 0 Å². The van der Waals surface area contributed by atoms with E-state index in [9.17, 15) is 14.4 Å². The number of aliphatic carboxylic acids is 2. The van der Waals surface area contributed by atoms with Gasteiger partial charge in [0.1, 0.15) is 0 Å². The van der Waals surface area contributed by atoms with Crippen molar-refractivity contribution >= 4 is 17.8 Å². The van der Waals surface area contributed by atoms with Crippen LogP contribution in [0.25, 0.3) is 0 Å². The number of amides is 1. The lowest BCUT2D eigenvalue weighted by molar-refractivity contribution is -0.139. The van der Waals surface area contributed by atoms with Gasteiger partial charge in [-0.3, -0.25) is 9.59 Å². The zero-order valence-electron chi connectivity index (χ0n) is 7.45. The summed E-state index contributed by atoms with van der Waals surface area (Å²) in [5, 5.41) is 18.8. The highest BCUT2D eigenvalue weighted by Crippen LogP contribution is 1.91. The molecule has 0 unspecified atom stereocenters. The van der Waals surface area contributed by atoms with Crippen molar-refractivity contribution in [3.05, 3.63) is 12.2 Å². The minimum absolute atomic E-state index is 0.145. The highest BCUT2D eigenvalue weighted by molar-refractivity contribution is 5.88. The summed E-state index contributed by atoms with van der Waals surface area (Å²) in [6.45, 7) is 3.02. The van der Waals surface area contributed by atoms with Crippen LogP contribution in [0.5, 0.6) is 0 Å². The second-order valence-corrected chi connectivity index (χ2v) is 2.58. The second-order valence-electron chi connectivity index (χ2n) is 2.58. The Bertz CT molecular complexity index is 271. The molecule has 0 saturated heterocycles. The van der Waals surface area contributed by atoms with Gasteiger partial charge in [0.05, 0.1) is 6.42 Å². The Morgan fingerprint density at radius 3 is 2.14 bits per heavy atom. The van der Waals surface area contributed by atoms with Crippen LogP contribution >= 0.6 is 0 Å². The van der Waals surface area contributed by atoms with Crippen molar-refractivity contribution in [3.8, 4) is 0 Å². The number of hydrogen-bond donors (Lipinski definition) is 3. The summed E-state index contributed by atoms with van der Waals surface area (Å²) >= 11 is 0. The van der Waals surface area contributed by atoms with Crippen LogP contribution in [0.4, 0.5) is 0 Å². The lowest BCUT2D eigenvalue weighted by Crippen LogP contribution is -2.27. The fourth-order valence-electron chi connectivity index (χ4n) is 0.590. The van der Waals surface area contributed by atoms with Gasteiger partial charge >= 0.3 is 11.9 Å². The van der Waals surface area contributed by atoms with Crippen LogP contribution in [-0.4, -0.2) is 34.6 Å². The van der Waals surface area contributed by atoms with Gasteiger partial charge in [-0.15, -0.1) is 0 Å². The Morgan fingerprint density at radius 1 is 1.14 bits per heavy atom. The maximum absolute atomic E-state index is 10.9. The molecule has 0 bridgehead atoms. The lowest BCUT2D eigenvalue weighted by Gasteiger charge is -2.02. The van der Waals surface area contributed by atoms with Gasteiger partial charge < -0.3 is 15.5 Å². The van der Waals surface area contributed by atoms with Gasteiger partial charge in [-0.25, -0.2) is 4.79 Å². The third kappa shape index (κ3) is 5.76. The number of carbonyl (C=O) groups is 3. The molecule has 0 rings (SSSR count). The number of hydrogen-bond acceptors (Lipinski definition) is 3. The number of carbonyl (C=O) groups excluding carboxylic acids is 1. The molecule has 78 valence electrons. The number of carboxylic acids is 2. The maximum Gasteiger partial charge on any atom is 0.332 e. The van der Waals surface area contributed by atoms with E-state index in [1.165, 1.54) is 0 Å². The van der Waals surface area contributed by atoms with E-state index in [0.29, 0.717) is 0 Å². The van der Waals surface area contributed by atoms with Crippen molar-refractivity contribution in [2.75, 3.05) is 6.54 Å². The Kier molecular flexibility index (Phi) is 4.98. The molecule has 0 radical (unpaired) electrons. The molecule has 1 amide bonds. The van der Waals surface area contributed by atoms with Gasteiger partial charge in [0.25, 0.3) is 0 Å². The van der Waals surface area contributed by atoms with E-state index < -0.39 is 17.8 Å². The number of rotatable bonds is 6. The molecule has 3 N–H and O–H groups in total. The predicted octanol–water partition coefficient (Wildman–Crippen LogP) is -0.392. The Hall–Kier alpha value is -1.85. The van der Waals surface area contributed by atoms with Crippen LogP contribution in [0.15, 0.2) is 12.2 Å². The quantitative estimate of drug-likeness (QED) is 0.507. The maximum atomic E-state index is 10.9. The number of nitrogens with one attached hydrogen (secondary N) is 1. The van der Waals surface area contributed by atoms with Crippen LogP contribution in [0.2, 0.25) is 0 Å². The van der Waals surface area contributed by atoms with Crippen molar-refractivity contribution in [2.24, 2.45) is 0 Å². The largest absolute Gasteiger partial charge is 0.481 e. The molecule has 0 aromatic rings. The first-order valence-electron chi connectivity index (χ1n) is 3.83. The normalized spacial score (nSPS) is 9.14. The molecule has 0 aliphatic rings. The fourth-order valence-corrected chi connectivity index (χ4v) is 0.590. The average Bonchev–Trinajstić information content (AvgIpc) is 2.10. The molecule has 0 aromatic heterocycles. The van der Waals surface area contributed by atoms with Crippen LogP contribution in [0.1, 0.15) is 12.8 Å². The van der Waals surface area contributed by atoms with Crippen molar-refractivity contribution in [3.63, 3.8) is 0 Å². The molecular formula is C8H11NO5. The molecule has 14 heavy (non-hydrogen) atoms. The smallest absolute Gasteiger partial charge is 0.332 e. The van der Waals surface area contributed by atoms with Gasteiger partial charge in [0, 0.05) is 18.5 Å². The first-order chi connectivity index (χ1) is 6.43. The predicted molar refractivity (Wildman–Crippen MR) is 46.7 cm³/mol. The summed E-state index contributed by atoms with van der Waals surface area (Å²) in [7, 11) is 0. The molecule has 0 heterocycles. The first kappa shape index (κ1) is 12.2. The van der Waals surface area contributed by atoms with Crippen molar-refractivity contribution < 1.29 is 24.6 Å². The Morgan fingerprint density at radius 2 is 1.71 bits per heavy atom. The van der Waals surface area contributed by atoms with E-state index in [0.717, 1.165) is 0 Å². The van der Waals surface area contributed by atoms with Crippen molar-refractivity contribution in [1.82, 2.24) is 5.32 Å². The summed E-state index contributed by atoms with van der Waals surface area (Å²) in [6, 6.07) is 0. The summed E-state index contributed by atoms with van der Waals surface area (Å²) in [6.07, 6.45) is -0.437. The van der Waals surface area contributed by atoms with Crippen LogP contribution in [0, 0.1) is 0 Å². The third-order valence-corrected chi connectivity index (χ3v) is 1.37. The molecule has 0 aliphatic carbocycles. The molecule has 0 aliphatic heterocycles. The van der Waals surface area contributed by atoms with Crippen LogP contribution in [0.3, 0.4) is 0 Å². The summed E-state index contributed by atoms with van der Waals surface area (Å²) < 4.78 is 0. The van der Waals surface area contributed by atoms with Crippen molar-refractivity contribution in [2.45, 2.75) is 12.8 Å². The highest BCUT2D eigenvalue weighted by Gasteiger charge is 2.07. The van der Waals surface area contributed by atoms with E-state index in [1.807, 2.05) is 0 Å². The number of carboxylic acid groups (broad SMARTS) is 2. The van der Waals surface area contributed by atoms with Gasteiger partial charge in [0.15, 0.2) is 0 Å². The summed E-state index contributed by atoms with van der Waals surface area (Å²) in [5.74, 6) is -2.77. The molecular weight excluding hydrogens is 190 g/mol. The lowest BCUT2D eigenvalue weighted by atomic mass is 10.2. The zero-order chi connectivity index (χ0) is 11.1. The SMILES string of the molecule is C=C(CNC(=O)CCC(=O)O)C(=O)O. The van der Waals surface area contributed by atoms with Crippen molar-refractivity contribution in [1.29, 1.82) is 0 Å². The topological polar surface area (TPSA) is 104 Å². The van der Waals surface area contributed by atoms with Gasteiger partial charge in [-0.2, -0.15) is 0 Å². The van der Waals surface area contributed by atoms with Gasteiger partial charge in [-0.05, 0) is 0 Å². The molecule has 0 spiro atoms. The zero-order valence-corrected chi connectivity index (χ0v) is 7.45. The minimum Gasteiger partial charge on any atom is -0.481 e. The van der Waals surface area contributed by atoms with E-state index in [-0.39, 0.29) is 25.0 Å². The minimum atomic E-state index is -1.19. The summed E-state index contributed by atoms with van der Waals surface area (Å²) in [5.41, 5.74) is -0.145. The fraction of sp³-hybridized carbons (Fsp3) is 0.375. The molecule has 6 heteroatoms. The van der Waals surface area contributed by atoms with Crippen LogP contribution < -0.4 is 5.32 Å².